The number of nitrogens with zero attached hydrogens (tertiary/aromatic N) is 4. The van der Waals surface area contributed by atoms with Gasteiger partial charge in [0.25, 0.3) is 10.1 Å². The third-order valence-corrected chi connectivity index (χ3v) is 6.14. The van der Waals surface area contributed by atoms with Gasteiger partial charge < -0.3 is 14.9 Å². The van der Waals surface area contributed by atoms with Crippen LogP contribution in [0.15, 0.2) is 87.9 Å². The molecule has 180 valence electrons. The number of azo groups is 1. The summed E-state index contributed by atoms with van der Waals surface area (Å²) in [6.45, 7) is 1.63. The second-order valence-corrected chi connectivity index (χ2v) is 9.00. The largest absolute Gasteiger partial charge is 0.494 e. The van der Waals surface area contributed by atoms with Gasteiger partial charge in [0.15, 0.2) is 5.69 Å². The molecule has 1 atom stereocenters. The van der Waals surface area contributed by atoms with Crippen molar-refractivity contribution in [1.82, 2.24) is 9.78 Å². The predicted molar refractivity (Wildman–Crippen MR) is 127 cm³/mol. The molecule has 0 aliphatic carbocycles. The Morgan fingerprint density at radius 1 is 0.971 bits per heavy atom. The van der Waals surface area contributed by atoms with Crippen LogP contribution in [0.25, 0.3) is 5.69 Å². The topological polar surface area (TPSA) is 147 Å². The highest BCUT2D eigenvalue weighted by Gasteiger charge is 2.18. The van der Waals surface area contributed by atoms with E-state index in [9.17, 15) is 18.6 Å². The summed E-state index contributed by atoms with van der Waals surface area (Å²) < 4.78 is 38.2. The molecule has 0 saturated heterocycles. The normalized spacial score (nSPS) is 12.7. The average Bonchev–Trinajstić information content (AvgIpc) is 3.15. The lowest BCUT2D eigenvalue weighted by molar-refractivity contribution is 0.220. The van der Waals surface area contributed by atoms with Crippen molar-refractivity contribution in [3.63, 3.8) is 0 Å². The molecular weight excluding hydrogens is 472 g/mol. The van der Waals surface area contributed by atoms with Crippen LogP contribution in [0.4, 0.5) is 11.4 Å². The second-order valence-electron chi connectivity index (χ2n) is 7.58. The molecule has 1 heterocycles. The first-order valence-electron chi connectivity index (χ1n) is 10.4. The number of hydrogen-bond acceptors (Lipinski definition) is 8. The predicted octanol–water partition coefficient (Wildman–Crippen LogP) is 4.64. The number of aromatic hydroxyl groups is 1. The third-order valence-electron chi connectivity index (χ3n) is 5.28. The molecule has 0 amide bonds. The minimum atomic E-state index is -4.34. The van der Waals surface area contributed by atoms with E-state index in [1.165, 1.54) is 36.1 Å². The smallest absolute Gasteiger partial charge is 0.294 e. The molecule has 0 spiro atoms. The molecule has 0 aliphatic heterocycles. The minimum Gasteiger partial charge on any atom is -0.494 e. The van der Waals surface area contributed by atoms with E-state index in [-0.39, 0.29) is 16.5 Å². The summed E-state index contributed by atoms with van der Waals surface area (Å²) in [6.07, 6.45) is -0.840. The van der Waals surface area contributed by atoms with Gasteiger partial charge in [-0.25, -0.2) is 0 Å². The number of methoxy groups -OCH3 is 1. The lowest BCUT2D eigenvalue weighted by atomic mass is 10.0. The Bertz CT molecular complexity index is 1480. The molecule has 1 unspecified atom stereocenters. The zero-order valence-corrected chi connectivity index (χ0v) is 19.6. The second kappa shape index (κ2) is 9.66. The van der Waals surface area contributed by atoms with E-state index in [1.54, 1.807) is 25.1 Å². The molecule has 0 saturated carbocycles. The van der Waals surface area contributed by atoms with Gasteiger partial charge in [0.05, 0.1) is 23.4 Å². The van der Waals surface area contributed by atoms with Crippen molar-refractivity contribution in [2.24, 2.45) is 10.2 Å². The zero-order chi connectivity index (χ0) is 25.2. The summed E-state index contributed by atoms with van der Waals surface area (Å²) in [5, 5.41) is 33.9. The van der Waals surface area contributed by atoms with E-state index in [4.69, 9.17) is 9.29 Å². The van der Waals surface area contributed by atoms with E-state index >= 15 is 0 Å². The van der Waals surface area contributed by atoms with E-state index < -0.39 is 16.2 Å². The third kappa shape index (κ3) is 5.06. The van der Waals surface area contributed by atoms with Crippen LogP contribution < -0.4 is 4.74 Å². The van der Waals surface area contributed by atoms with Crippen LogP contribution in [0.2, 0.25) is 0 Å². The Labute approximate surface area is 201 Å². The van der Waals surface area contributed by atoms with E-state index in [0.29, 0.717) is 28.4 Å². The summed E-state index contributed by atoms with van der Waals surface area (Å²) in [5.41, 5.74) is 2.57. The highest BCUT2D eigenvalue weighted by Crippen LogP contribution is 2.37. The molecule has 11 heteroatoms. The SMILES string of the molecule is COc1cc(C(O)c2ccccc2)ccc1/N=N/c1c(C)nn(-c2ccc(S(=O)(=O)O)cc2)c1O. The van der Waals surface area contributed by atoms with Crippen molar-refractivity contribution in [3.8, 4) is 17.3 Å². The van der Waals surface area contributed by atoms with Gasteiger partial charge in [0.1, 0.15) is 17.5 Å². The van der Waals surface area contributed by atoms with Crippen molar-refractivity contribution in [2.45, 2.75) is 17.9 Å². The van der Waals surface area contributed by atoms with Gasteiger partial charge in [0.2, 0.25) is 5.88 Å². The molecule has 3 aromatic carbocycles. The summed E-state index contributed by atoms with van der Waals surface area (Å²) in [7, 11) is -2.86. The quantitative estimate of drug-likeness (QED) is 0.250. The Hall–Kier alpha value is -4.06. The molecule has 0 bridgehead atoms. The first-order valence-corrected chi connectivity index (χ1v) is 11.8. The standard InChI is InChI=1S/C24H22N4O6S/c1-15-22(24(30)28(27-15)18-9-11-19(12-10-18)35(31,32)33)26-25-20-13-8-17(14-21(20)34-2)23(29)16-6-4-3-5-7-16/h3-14,23,29-30H,1-2H3,(H,31,32,33)/b26-25+. The maximum Gasteiger partial charge on any atom is 0.294 e. The van der Waals surface area contributed by atoms with Gasteiger partial charge >= 0.3 is 0 Å². The van der Waals surface area contributed by atoms with Gasteiger partial charge in [-0.15, -0.1) is 10.2 Å². The number of ether oxygens (including phenoxy) is 1. The Balaban J connectivity index is 1.62. The van der Waals surface area contributed by atoms with Gasteiger partial charge in [-0.1, -0.05) is 36.4 Å². The number of aliphatic hydroxyl groups excluding tert-OH is 1. The first-order chi connectivity index (χ1) is 16.7. The average molecular weight is 495 g/mol. The van der Waals surface area contributed by atoms with Crippen LogP contribution >= 0.6 is 0 Å². The maximum absolute atomic E-state index is 11.2. The van der Waals surface area contributed by atoms with Gasteiger partial charge in [0, 0.05) is 0 Å². The monoisotopic (exact) mass is 494 g/mol. The summed E-state index contributed by atoms with van der Waals surface area (Å²) in [5.74, 6) is 0.0764. The Morgan fingerprint density at radius 2 is 1.66 bits per heavy atom. The van der Waals surface area contributed by atoms with E-state index in [0.717, 1.165) is 5.56 Å². The van der Waals surface area contributed by atoms with E-state index in [1.807, 2.05) is 30.3 Å². The molecule has 1 aromatic heterocycles. The number of aryl methyl sites for hydroxylation is 1. The molecule has 0 fully saturated rings. The Kier molecular flexibility index (Phi) is 6.65. The molecule has 3 N–H and O–H groups in total. The Morgan fingerprint density at radius 3 is 2.29 bits per heavy atom. The van der Waals surface area contributed by atoms with Crippen LogP contribution in [0.3, 0.4) is 0 Å². The lowest BCUT2D eigenvalue weighted by Gasteiger charge is -2.13. The first kappa shape index (κ1) is 24.1. The molecule has 35 heavy (non-hydrogen) atoms. The lowest BCUT2D eigenvalue weighted by Crippen LogP contribution is -2.00. The zero-order valence-electron chi connectivity index (χ0n) is 18.8. The van der Waals surface area contributed by atoms with Crippen LogP contribution in [-0.2, 0) is 10.1 Å². The minimum absolute atomic E-state index is 0.110. The highest BCUT2D eigenvalue weighted by atomic mass is 32.2. The van der Waals surface area contributed by atoms with Gasteiger partial charge in [-0.2, -0.15) is 18.2 Å². The molecule has 0 radical (unpaired) electrons. The number of aromatic nitrogens is 2. The number of rotatable bonds is 7. The van der Waals surface area contributed by atoms with Crippen molar-refractivity contribution < 1.29 is 27.9 Å². The fourth-order valence-electron chi connectivity index (χ4n) is 3.44. The van der Waals surface area contributed by atoms with Gasteiger partial charge in [-0.3, -0.25) is 4.55 Å². The van der Waals surface area contributed by atoms with E-state index in [2.05, 4.69) is 15.3 Å². The van der Waals surface area contributed by atoms with Crippen LogP contribution in [-0.4, -0.2) is 40.1 Å². The molecule has 4 rings (SSSR count). The van der Waals surface area contributed by atoms with Crippen LogP contribution in [0.1, 0.15) is 22.9 Å². The molecule has 4 aromatic rings. The van der Waals surface area contributed by atoms with Crippen molar-refractivity contribution >= 4 is 21.5 Å². The fourth-order valence-corrected chi connectivity index (χ4v) is 3.92. The van der Waals surface area contributed by atoms with Crippen LogP contribution in [0.5, 0.6) is 11.6 Å². The molecule has 10 nitrogen and oxygen atoms in total. The van der Waals surface area contributed by atoms with Crippen molar-refractivity contribution in [2.75, 3.05) is 7.11 Å². The summed E-state index contributed by atoms with van der Waals surface area (Å²) in [6, 6.07) is 19.4. The molecular formula is C24H22N4O6S. The summed E-state index contributed by atoms with van der Waals surface area (Å²) in [4.78, 5) is -0.280. The van der Waals surface area contributed by atoms with Crippen molar-refractivity contribution in [1.29, 1.82) is 0 Å². The van der Waals surface area contributed by atoms with Gasteiger partial charge in [-0.05, 0) is 54.4 Å². The number of benzene rings is 3. The number of hydrogen-bond donors (Lipinski definition) is 3. The number of aliphatic hydroxyl groups is 1. The molecule has 0 aliphatic rings. The maximum atomic E-state index is 11.2. The van der Waals surface area contributed by atoms with Crippen molar-refractivity contribution in [3.05, 3.63) is 89.6 Å². The fraction of sp³-hybridized carbons (Fsp3) is 0.125. The van der Waals surface area contributed by atoms with Crippen LogP contribution in [0, 0.1) is 6.92 Å². The highest BCUT2D eigenvalue weighted by molar-refractivity contribution is 7.85. The summed E-state index contributed by atoms with van der Waals surface area (Å²) >= 11 is 0.